The summed E-state index contributed by atoms with van der Waals surface area (Å²) in [6.07, 6.45) is 2.15. The van der Waals surface area contributed by atoms with Crippen molar-refractivity contribution in [1.82, 2.24) is 10.3 Å². The van der Waals surface area contributed by atoms with Crippen molar-refractivity contribution in [2.75, 3.05) is 13.7 Å². The number of hydrogen-bond acceptors (Lipinski definition) is 3. The molecule has 0 saturated heterocycles. The molecular formula is C19H18N2O3. The maximum Gasteiger partial charge on any atom is 0.256 e. The van der Waals surface area contributed by atoms with E-state index in [1.165, 1.54) is 6.20 Å². The highest BCUT2D eigenvalue weighted by atomic mass is 16.5. The molecule has 2 N–H and O–H groups in total. The maximum atomic E-state index is 12.4. The van der Waals surface area contributed by atoms with E-state index in [-0.39, 0.29) is 16.9 Å². The number of ether oxygens (including phenoxy) is 1. The van der Waals surface area contributed by atoms with Crippen LogP contribution in [-0.2, 0) is 6.42 Å². The third kappa shape index (κ3) is 3.30. The van der Waals surface area contributed by atoms with Gasteiger partial charge in [0.2, 0.25) is 5.43 Å². The Morgan fingerprint density at radius 1 is 1.12 bits per heavy atom. The summed E-state index contributed by atoms with van der Waals surface area (Å²) < 4.78 is 5.11. The molecule has 1 amide bonds. The molecular weight excluding hydrogens is 304 g/mol. The molecule has 0 bridgehead atoms. The van der Waals surface area contributed by atoms with Gasteiger partial charge in [-0.2, -0.15) is 0 Å². The van der Waals surface area contributed by atoms with Crippen molar-refractivity contribution in [2.45, 2.75) is 6.42 Å². The third-order valence-electron chi connectivity index (χ3n) is 3.89. The topological polar surface area (TPSA) is 71.2 Å². The minimum atomic E-state index is -0.365. The van der Waals surface area contributed by atoms with E-state index >= 15 is 0 Å². The Bertz CT molecular complexity index is 914. The number of amides is 1. The van der Waals surface area contributed by atoms with Crippen molar-refractivity contribution in [1.29, 1.82) is 0 Å². The number of carbonyl (C=O) groups excluding carboxylic acids is 1. The molecule has 0 spiro atoms. The molecule has 0 aliphatic heterocycles. The fraction of sp³-hybridized carbons (Fsp3) is 0.158. The third-order valence-corrected chi connectivity index (χ3v) is 3.89. The van der Waals surface area contributed by atoms with E-state index in [1.54, 1.807) is 19.2 Å². The first-order valence-corrected chi connectivity index (χ1v) is 7.70. The van der Waals surface area contributed by atoms with Gasteiger partial charge in [-0.1, -0.05) is 24.3 Å². The number of hydrogen-bond donors (Lipinski definition) is 2. The van der Waals surface area contributed by atoms with Crippen LogP contribution in [0, 0.1) is 0 Å². The summed E-state index contributed by atoms with van der Waals surface area (Å²) in [6.45, 7) is 0.456. The quantitative estimate of drug-likeness (QED) is 0.758. The first kappa shape index (κ1) is 15.8. The Labute approximate surface area is 139 Å². The molecule has 0 atom stereocenters. The molecule has 3 aromatic rings. The Hall–Kier alpha value is -3.08. The van der Waals surface area contributed by atoms with Gasteiger partial charge in [0.25, 0.3) is 5.91 Å². The number of methoxy groups -OCH3 is 1. The summed E-state index contributed by atoms with van der Waals surface area (Å²) in [7, 11) is 1.62. The Morgan fingerprint density at radius 3 is 2.62 bits per heavy atom. The smallest absolute Gasteiger partial charge is 0.256 e. The van der Waals surface area contributed by atoms with Crippen LogP contribution < -0.4 is 15.5 Å². The van der Waals surface area contributed by atoms with Crippen LogP contribution in [0.25, 0.3) is 10.9 Å². The van der Waals surface area contributed by atoms with Crippen LogP contribution in [0.5, 0.6) is 5.75 Å². The van der Waals surface area contributed by atoms with Crippen LogP contribution in [0.3, 0.4) is 0 Å². The highest BCUT2D eigenvalue weighted by Crippen LogP contribution is 2.11. The van der Waals surface area contributed by atoms with Gasteiger partial charge in [0.05, 0.1) is 7.11 Å². The second kappa shape index (κ2) is 7.00. The predicted molar refractivity (Wildman–Crippen MR) is 93.6 cm³/mol. The molecule has 122 valence electrons. The van der Waals surface area contributed by atoms with Crippen LogP contribution >= 0.6 is 0 Å². The van der Waals surface area contributed by atoms with Crippen molar-refractivity contribution < 1.29 is 9.53 Å². The van der Waals surface area contributed by atoms with Gasteiger partial charge in [-0.15, -0.1) is 0 Å². The van der Waals surface area contributed by atoms with Crippen LogP contribution in [0.2, 0.25) is 0 Å². The number of fused-ring (bicyclic) bond motifs is 1. The largest absolute Gasteiger partial charge is 0.497 e. The summed E-state index contributed by atoms with van der Waals surface area (Å²) in [5.74, 6) is 0.431. The first-order chi connectivity index (χ1) is 11.7. The Kier molecular flexibility index (Phi) is 4.61. The molecule has 2 aromatic carbocycles. The average Bonchev–Trinajstić information content (AvgIpc) is 2.62. The zero-order chi connectivity index (χ0) is 16.9. The number of aromatic amines is 1. The normalized spacial score (nSPS) is 10.5. The van der Waals surface area contributed by atoms with E-state index in [0.29, 0.717) is 18.4 Å². The van der Waals surface area contributed by atoms with E-state index in [4.69, 9.17) is 4.74 Å². The van der Waals surface area contributed by atoms with Crippen molar-refractivity contribution in [2.24, 2.45) is 0 Å². The van der Waals surface area contributed by atoms with E-state index in [9.17, 15) is 9.59 Å². The molecule has 0 fully saturated rings. The lowest BCUT2D eigenvalue weighted by Crippen LogP contribution is -2.30. The summed E-state index contributed by atoms with van der Waals surface area (Å²) in [4.78, 5) is 27.6. The van der Waals surface area contributed by atoms with E-state index in [0.717, 1.165) is 16.8 Å². The Morgan fingerprint density at radius 2 is 1.88 bits per heavy atom. The minimum Gasteiger partial charge on any atom is -0.497 e. The van der Waals surface area contributed by atoms with Crippen molar-refractivity contribution in [3.63, 3.8) is 0 Å². The molecule has 0 aliphatic carbocycles. The monoisotopic (exact) mass is 322 g/mol. The van der Waals surface area contributed by atoms with E-state index in [1.807, 2.05) is 36.4 Å². The summed E-state index contributed by atoms with van der Waals surface area (Å²) in [5.41, 5.74) is 1.68. The van der Waals surface area contributed by atoms with Crippen molar-refractivity contribution >= 4 is 16.8 Å². The number of carbonyl (C=O) groups is 1. The molecule has 0 aliphatic rings. The average molecular weight is 322 g/mol. The van der Waals surface area contributed by atoms with Crippen molar-refractivity contribution in [3.05, 3.63) is 76.1 Å². The minimum absolute atomic E-state index is 0.128. The van der Waals surface area contributed by atoms with Gasteiger partial charge >= 0.3 is 0 Å². The van der Waals surface area contributed by atoms with Gasteiger partial charge < -0.3 is 15.0 Å². The number of para-hydroxylation sites is 1. The van der Waals surface area contributed by atoms with Crippen LogP contribution in [-0.4, -0.2) is 24.5 Å². The molecule has 1 aromatic heterocycles. The zero-order valence-corrected chi connectivity index (χ0v) is 13.3. The second-order valence-electron chi connectivity index (χ2n) is 5.43. The number of rotatable bonds is 5. The fourth-order valence-electron chi connectivity index (χ4n) is 2.54. The lowest BCUT2D eigenvalue weighted by molar-refractivity contribution is 0.0953. The molecule has 0 radical (unpaired) electrons. The van der Waals surface area contributed by atoms with E-state index < -0.39 is 0 Å². The SMILES string of the molecule is COc1ccc(CCNC(=O)c2c[nH]c3ccccc3c2=O)cc1. The van der Waals surface area contributed by atoms with Gasteiger partial charge in [0, 0.05) is 23.6 Å². The summed E-state index contributed by atoms with van der Waals surface area (Å²) >= 11 is 0. The molecule has 24 heavy (non-hydrogen) atoms. The number of aromatic nitrogens is 1. The zero-order valence-electron chi connectivity index (χ0n) is 13.3. The molecule has 5 heteroatoms. The standard InChI is InChI=1S/C19H18N2O3/c1-24-14-8-6-13(7-9-14)10-11-20-19(23)16-12-21-17-5-3-2-4-15(17)18(16)22/h2-9,12H,10-11H2,1H3,(H,20,23)(H,21,22). The van der Waals surface area contributed by atoms with Gasteiger partial charge in [-0.3, -0.25) is 9.59 Å². The van der Waals surface area contributed by atoms with Crippen LogP contribution in [0.1, 0.15) is 15.9 Å². The first-order valence-electron chi connectivity index (χ1n) is 7.70. The summed E-state index contributed by atoms with van der Waals surface area (Å²) in [5, 5.41) is 3.31. The van der Waals surface area contributed by atoms with Gasteiger partial charge in [-0.05, 0) is 36.2 Å². The number of benzene rings is 2. The van der Waals surface area contributed by atoms with Crippen LogP contribution in [0.15, 0.2) is 59.5 Å². The summed E-state index contributed by atoms with van der Waals surface area (Å²) in [6, 6.07) is 14.8. The van der Waals surface area contributed by atoms with Crippen molar-refractivity contribution in [3.8, 4) is 5.75 Å². The maximum absolute atomic E-state index is 12.4. The lowest BCUT2D eigenvalue weighted by Gasteiger charge is -2.07. The van der Waals surface area contributed by atoms with Gasteiger partial charge in [0.1, 0.15) is 11.3 Å². The van der Waals surface area contributed by atoms with Crippen LogP contribution in [0.4, 0.5) is 0 Å². The highest BCUT2D eigenvalue weighted by Gasteiger charge is 2.12. The molecule has 0 saturated carbocycles. The Balaban J connectivity index is 1.66. The molecule has 1 heterocycles. The number of nitrogens with one attached hydrogen (secondary N) is 2. The lowest BCUT2D eigenvalue weighted by atomic mass is 10.1. The molecule has 0 unspecified atom stereocenters. The fourth-order valence-corrected chi connectivity index (χ4v) is 2.54. The number of pyridine rings is 1. The van der Waals surface area contributed by atoms with Gasteiger partial charge in [0.15, 0.2) is 0 Å². The molecule has 5 nitrogen and oxygen atoms in total. The second-order valence-corrected chi connectivity index (χ2v) is 5.43. The van der Waals surface area contributed by atoms with Gasteiger partial charge in [-0.25, -0.2) is 0 Å². The number of H-pyrrole nitrogens is 1. The highest BCUT2D eigenvalue weighted by molar-refractivity contribution is 5.97. The molecule has 3 rings (SSSR count). The predicted octanol–water partition coefficient (Wildman–Crippen LogP) is 2.51. The van der Waals surface area contributed by atoms with E-state index in [2.05, 4.69) is 10.3 Å².